The van der Waals surface area contributed by atoms with Crippen LogP contribution in [-0.2, 0) is 12.8 Å². The van der Waals surface area contributed by atoms with E-state index in [9.17, 15) is 0 Å². The summed E-state index contributed by atoms with van der Waals surface area (Å²) in [6.45, 7) is 0. The molecule has 1 atom stereocenters. The molecule has 0 fully saturated rings. The third kappa shape index (κ3) is 3.09. The molecule has 1 nitrogen and oxygen atoms in total. The maximum absolute atomic E-state index is 3.44. The molecule has 0 spiro atoms. The van der Waals surface area contributed by atoms with Crippen LogP contribution in [0.15, 0.2) is 59.3 Å². The Bertz CT molecular complexity index is 673. The third-order valence-corrected chi connectivity index (χ3v) is 4.50. The van der Waals surface area contributed by atoms with Crippen molar-refractivity contribution in [3.05, 3.63) is 70.4 Å². The van der Waals surface area contributed by atoms with Gasteiger partial charge in [0.05, 0.1) is 0 Å². The SMILES string of the molecule is CNC(Cc1ccsc1)Cc1ccc2ccccc2c1. The number of likely N-dealkylation sites (N-methyl/N-ethyl adjacent to an activating group) is 1. The maximum atomic E-state index is 3.44. The van der Waals surface area contributed by atoms with E-state index in [0.29, 0.717) is 6.04 Å². The minimum absolute atomic E-state index is 0.491. The van der Waals surface area contributed by atoms with Crippen molar-refractivity contribution in [2.24, 2.45) is 0 Å². The summed E-state index contributed by atoms with van der Waals surface area (Å²) in [5.74, 6) is 0. The average molecular weight is 281 g/mol. The largest absolute Gasteiger partial charge is 0.316 e. The number of nitrogens with one attached hydrogen (secondary N) is 1. The van der Waals surface area contributed by atoms with Gasteiger partial charge < -0.3 is 5.32 Å². The van der Waals surface area contributed by atoms with Crippen molar-refractivity contribution < 1.29 is 0 Å². The number of hydrogen-bond acceptors (Lipinski definition) is 2. The Kier molecular flexibility index (Phi) is 4.14. The number of fused-ring (bicyclic) bond motifs is 1. The molecule has 1 aromatic heterocycles. The summed E-state index contributed by atoms with van der Waals surface area (Å²) in [5, 5.41) is 10.5. The lowest BCUT2D eigenvalue weighted by Gasteiger charge is -2.16. The van der Waals surface area contributed by atoms with Gasteiger partial charge in [0.15, 0.2) is 0 Å². The van der Waals surface area contributed by atoms with E-state index >= 15 is 0 Å². The van der Waals surface area contributed by atoms with E-state index in [1.807, 2.05) is 0 Å². The zero-order valence-corrected chi connectivity index (χ0v) is 12.5. The Hall–Kier alpha value is -1.64. The first-order chi connectivity index (χ1) is 9.85. The first-order valence-corrected chi connectivity index (χ1v) is 7.95. The zero-order chi connectivity index (χ0) is 13.8. The molecule has 20 heavy (non-hydrogen) atoms. The van der Waals surface area contributed by atoms with Crippen LogP contribution in [0.25, 0.3) is 10.8 Å². The molecule has 0 saturated heterocycles. The number of benzene rings is 2. The second-order valence-electron chi connectivity index (χ2n) is 5.21. The van der Waals surface area contributed by atoms with Crippen LogP contribution in [0, 0.1) is 0 Å². The molecular formula is C18H19NS. The standard InChI is InChI=1S/C18H19NS/c1-19-18(12-15-8-9-20-13-15)11-14-6-7-16-4-2-3-5-17(16)10-14/h2-10,13,18-19H,11-12H2,1H3. The second-order valence-corrected chi connectivity index (χ2v) is 5.99. The molecule has 0 saturated carbocycles. The van der Waals surface area contributed by atoms with Gasteiger partial charge in [-0.15, -0.1) is 0 Å². The minimum Gasteiger partial charge on any atom is -0.316 e. The summed E-state index contributed by atoms with van der Waals surface area (Å²) < 4.78 is 0. The quantitative estimate of drug-likeness (QED) is 0.736. The summed E-state index contributed by atoms with van der Waals surface area (Å²) in [4.78, 5) is 0. The van der Waals surface area contributed by atoms with E-state index in [-0.39, 0.29) is 0 Å². The van der Waals surface area contributed by atoms with Crippen molar-refractivity contribution in [1.29, 1.82) is 0 Å². The van der Waals surface area contributed by atoms with Gasteiger partial charge >= 0.3 is 0 Å². The van der Waals surface area contributed by atoms with Crippen LogP contribution >= 0.6 is 11.3 Å². The highest BCUT2D eigenvalue weighted by Crippen LogP contribution is 2.18. The fraction of sp³-hybridized carbons (Fsp3) is 0.222. The molecule has 3 aromatic rings. The fourth-order valence-corrected chi connectivity index (χ4v) is 3.30. The molecule has 0 amide bonds. The van der Waals surface area contributed by atoms with Crippen molar-refractivity contribution in [2.45, 2.75) is 18.9 Å². The summed E-state index contributed by atoms with van der Waals surface area (Å²) in [7, 11) is 2.05. The van der Waals surface area contributed by atoms with Crippen molar-refractivity contribution in [3.8, 4) is 0 Å². The Morgan fingerprint density at radius 1 is 0.950 bits per heavy atom. The Labute approximate surface area is 124 Å². The molecule has 1 N–H and O–H groups in total. The molecule has 0 radical (unpaired) electrons. The lowest BCUT2D eigenvalue weighted by molar-refractivity contribution is 0.557. The molecule has 3 rings (SSSR count). The van der Waals surface area contributed by atoms with Gasteiger partial charge in [-0.2, -0.15) is 11.3 Å². The monoisotopic (exact) mass is 281 g/mol. The average Bonchev–Trinajstić information content (AvgIpc) is 2.99. The van der Waals surface area contributed by atoms with E-state index in [4.69, 9.17) is 0 Å². The van der Waals surface area contributed by atoms with Gasteiger partial charge in [-0.25, -0.2) is 0 Å². The van der Waals surface area contributed by atoms with Gasteiger partial charge in [-0.3, -0.25) is 0 Å². The van der Waals surface area contributed by atoms with Gasteiger partial charge in [-0.1, -0.05) is 42.5 Å². The van der Waals surface area contributed by atoms with E-state index in [2.05, 4.69) is 71.7 Å². The maximum Gasteiger partial charge on any atom is 0.0145 e. The number of rotatable bonds is 5. The predicted molar refractivity (Wildman–Crippen MR) is 88.5 cm³/mol. The summed E-state index contributed by atoms with van der Waals surface area (Å²) in [6.07, 6.45) is 2.16. The second kappa shape index (κ2) is 6.21. The normalized spacial score (nSPS) is 12.7. The van der Waals surface area contributed by atoms with Gasteiger partial charge in [0.2, 0.25) is 0 Å². The third-order valence-electron chi connectivity index (χ3n) is 3.77. The van der Waals surface area contributed by atoms with Crippen LogP contribution in [0.4, 0.5) is 0 Å². The first kappa shape index (κ1) is 13.3. The van der Waals surface area contributed by atoms with Crippen LogP contribution < -0.4 is 5.32 Å². The molecule has 2 heteroatoms. The van der Waals surface area contributed by atoms with Gasteiger partial charge in [0.1, 0.15) is 0 Å². The van der Waals surface area contributed by atoms with Crippen LogP contribution in [0.3, 0.4) is 0 Å². The lowest BCUT2D eigenvalue weighted by Crippen LogP contribution is -2.29. The van der Waals surface area contributed by atoms with Crippen LogP contribution in [0.2, 0.25) is 0 Å². The van der Waals surface area contributed by atoms with Crippen LogP contribution in [0.5, 0.6) is 0 Å². The predicted octanol–water partition coefficient (Wildman–Crippen LogP) is 4.27. The van der Waals surface area contributed by atoms with E-state index < -0.39 is 0 Å². The van der Waals surface area contributed by atoms with Crippen molar-refractivity contribution in [3.63, 3.8) is 0 Å². The molecular weight excluding hydrogens is 262 g/mol. The Morgan fingerprint density at radius 2 is 1.75 bits per heavy atom. The highest BCUT2D eigenvalue weighted by atomic mass is 32.1. The van der Waals surface area contributed by atoms with Crippen molar-refractivity contribution >= 4 is 22.1 Å². The topological polar surface area (TPSA) is 12.0 Å². The summed E-state index contributed by atoms with van der Waals surface area (Å²) >= 11 is 1.77. The van der Waals surface area contributed by atoms with E-state index in [1.165, 1.54) is 21.9 Å². The summed E-state index contributed by atoms with van der Waals surface area (Å²) in [6, 6.07) is 18.0. The molecule has 1 heterocycles. The molecule has 0 aliphatic heterocycles. The number of thiophene rings is 1. The van der Waals surface area contributed by atoms with E-state index in [1.54, 1.807) is 11.3 Å². The fourth-order valence-electron chi connectivity index (χ4n) is 2.62. The molecule has 0 bridgehead atoms. The zero-order valence-electron chi connectivity index (χ0n) is 11.7. The first-order valence-electron chi connectivity index (χ1n) is 7.01. The molecule has 1 unspecified atom stereocenters. The van der Waals surface area contributed by atoms with Crippen LogP contribution in [0.1, 0.15) is 11.1 Å². The highest BCUT2D eigenvalue weighted by Gasteiger charge is 2.09. The summed E-state index contributed by atoms with van der Waals surface area (Å²) in [5.41, 5.74) is 2.83. The van der Waals surface area contributed by atoms with Gasteiger partial charge in [0.25, 0.3) is 0 Å². The smallest absolute Gasteiger partial charge is 0.0145 e. The molecule has 102 valence electrons. The molecule has 2 aromatic carbocycles. The van der Waals surface area contributed by atoms with Crippen molar-refractivity contribution in [2.75, 3.05) is 7.05 Å². The van der Waals surface area contributed by atoms with E-state index in [0.717, 1.165) is 12.8 Å². The number of hydrogen-bond donors (Lipinski definition) is 1. The van der Waals surface area contributed by atoms with Crippen molar-refractivity contribution in [1.82, 2.24) is 5.32 Å². The Morgan fingerprint density at radius 3 is 2.50 bits per heavy atom. The van der Waals surface area contributed by atoms with Gasteiger partial charge in [-0.05, 0) is 58.6 Å². The highest BCUT2D eigenvalue weighted by molar-refractivity contribution is 7.07. The molecule has 0 aliphatic rings. The molecule has 0 aliphatic carbocycles. The van der Waals surface area contributed by atoms with Crippen LogP contribution in [-0.4, -0.2) is 13.1 Å². The van der Waals surface area contributed by atoms with Gasteiger partial charge in [0, 0.05) is 6.04 Å². The Balaban J connectivity index is 1.76. The minimum atomic E-state index is 0.491. The lowest BCUT2D eigenvalue weighted by atomic mass is 9.98.